The van der Waals surface area contributed by atoms with Gasteiger partial charge in [-0.05, 0) is 23.8 Å². The van der Waals surface area contributed by atoms with Crippen LogP contribution < -0.4 is 10.5 Å². The number of rotatable bonds is 4. The molecular weight excluding hydrogens is 306 g/mol. The van der Waals surface area contributed by atoms with Gasteiger partial charge in [-0.1, -0.05) is 17.7 Å². The van der Waals surface area contributed by atoms with Crippen LogP contribution >= 0.6 is 11.6 Å². The van der Waals surface area contributed by atoms with Crippen LogP contribution in [0.1, 0.15) is 5.56 Å². The first-order valence-corrected chi connectivity index (χ1v) is 6.10. The molecule has 110 valence electrons. The Labute approximate surface area is 123 Å². The normalized spacial score (nSPS) is 10.5. The average Bonchev–Trinajstić information content (AvgIpc) is 2.43. The van der Waals surface area contributed by atoms with E-state index >= 15 is 0 Å². The van der Waals surface area contributed by atoms with E-state index < -0.39 is 33.7 Å². The summed E-state index contributed by atoms with van der Waals surface area (Å²) in [6, 6.07) is 5.74. The predicted octanol–water partition coefficient (Wildman–Crippen LogP) is 3.78. The lowest BCUT2D eigenvalue weighted by molar-refractivity contribution is -0.385. The third-order valence-corrected chi connectivity index (χ3v) is 2.94. The van der Waals surface area contributed by atoms with Crippen LogP contribution in [0.4, 0.5) is 14.5 Å². The van der Waals surface area contributed by atoms with Crippen molar-refractivity contribution >= 4 is 17.3 Å². The van der Waals surface area contributed by atoms with Crippen molar-refractivity contribution in [3.63, 3.8) is 0 Å². The third-order valence-electron chi connectivity index (χ3n) is 2.64. The number of hydrogen-bond donors (Lipinski definition) is 1. The Morgan fingerprint density at radius 3 is 2.38 bits per heavy atom. The highest BCUT2D eigenvalue weighted by molar-refractivity contribution is 6.32. The zero-order valence-corrected chi connectivity index (χ0v) is 11.2. The van der Waals surface area contributed by atoms with Crippen molar-refractivity contribution in [2.24, 2.45) is 5.73 Å². The number of halogens is 3. The Kier molecular flexibility index (Phi) is 4.35. The van der Waals surface area contributed by atoms with Crippen molar-refractivity contribution in [1.82, 2.24) is 0 Å². The van der Waals surface area contributed by atoms with Gasteiger partial charge in [0, 0.05) is 12.6 Å². The molecule has 0 radical (unpaired) electrons. The van der Waals surface area contributed by atoms with E-state index in [2.05, 4.69) is 0 Å². The van der Waals surface area contributed by atoms with Crippen molar-refractivity contribution in [2.45, 2.75) is 6.54 Å². The monoisotopic (exact) mass is 314 g/mol. The number of nitrogens with zero attached hydrogens (tertiary/aromatic N) is 1. The summed E-state index contributed by atoms with van der Waals surface area (Å²) in [4.78, 5) is 10.1. The second-order valence-corrected chi connectivity index (χ2v) is 4.45. The maximum Gasteiger partial charge on any atom is 0.313 e. The van der Waals surface area contributed by atoms with Gasteiger partial charge in [0.1, 0.15) is 0 Å². The summed E-state index contributed by atoms with van der Waals surface area (Å²) in [6.45, 7) is -0.0552. The molecule has 0 aromatic heterocycles. The molecule has 8 heteroatoms. The Balaban J connectivity index is 2.51. The second-order valence-electron chi connectivity index (χ2n) is 4.04. The number of nitrogens with two attached hydrogens (primary N) is 1. The first-order chi connectivity index (χ1) is 9.93. The van der Waals surface area contributed by atoms with Gasteiger partial charge in [0.2, 0.25) is 5.75 Å². The van der Waals surface area contributed by atoms with Gasteiger partial charge in [0.25, 0.3) is 0 Å². The van der Waals surface area contributed by atoms with Crippen LogP contribution in [0.5, 0.6) is 11.5 Å². The van der Waals surface area contributed by atoms with E-state index in [1.54, 1.807) is 0 Å². The van der Waals surface area contributed by atoms with E-state index in [9.17, 15) is 18.9 Å². The Bertz CT molecular complexity index is 687. The van der Waals surface area contributed by atoms with Crippen LogP contribution in [0.2, 0.25) is 5.02 Å². The highest BCUT2D eigenvalue weighted by Crippen LogP contribution is 2.39. The fourth-order valence-electron chi connectivity index (χ4n) is 1.67. The van der Waals surface area contributed by atoms with Gasteiger partial charge in [-0.3, -0.25) is 10.1 Å². The SMILES string of the molecule is NCc1cc(F)c(Oc2c(Cl)cccc2[N+](=O)[O-])c(F)c1. The Morgan fingerprint density at radius 2 is 1.86 bits per heavy atom. The molecule has 0 amide bonds. The van der Waals surface area contributed by atoms with Crippen LogP contribution in [-0.4, -0.2) is 4.92 Å². The lowest BCUT2D eigenvalue weighted by atomic mass is 10.2. The minimum absolute atomic E-state index is 0.0552. The largest absolute Gasteiger partial charge is 0.442 e. The first kappa shape index (κ1) is 15.1. The van der Waals surface area contributed by atoms with Crippen molar-refractivity contribution in [3.8, 4) is 11.5 Å². The second kappa shape index (κ2) is 6.02. The third kappa shape index (κ3) is 3.09. The van der Waals surface area contributed by atoms with Crippen LogP contribution in [0, 0.1) is 21.7 Å². The molecule has 0 fully saturated rings. The quantitative estimate of drug-likeness (QED) is 0.688. The first-order valence-electron chi connectivity index (χ1n) is 5.72. The molecule has 0 bridgehead atoms. The van der Waals surface area contributed by atoms with E-state index in [1.165, 1.54) is 12.1 Å². The van der Waals surface area contributed by atoms with E-state index in [4.69, 9.17) is 22.1 Å². The van der Waals surface area contributed by atoms with Crippen molar-refractivity contribution in [2.75, 3.05) is 0 Å². The number of benzene rings is 2. The van der Waals surface area contributed by atoms with E-state index in [0.29, 0.717) is 0 Å². The molecule has 2 aromatic carbocycles. The molecule has 0 aliphatic heterocycles. The fourth-order valence-corrected chi connectivity index (χ4v) is 1.88. The van der Waals surface area contributed by atoms with Crippen LogP contribution in [0.25, 0.3) is 0 Å². The molecule has 0 aliphatic rings. The number of nitro groups is 1. The molecule has 2 N–H and O–H groups in total. The number of hydrogen-bond acceptors (Lipinski definition) is 4. The topological polar surface area (TPSA) is 78.4 Å². The number of nitro benzene ring substituents is 1. The molecule has 5 nitrogen and oxygen atoms in total. The van der Waals surface area contributed by atoms with Gasteiger partial charge in [0.05, 0.1) is 9.95 Å². The van der Waals surface area contributed by atoms with E-state index in [0.717, 1.165) is 18.2 Å². The zero-order valence-electron chi connectivity index (χ0n) is 10.5. The van der Waals surface area contributed by atoms with Gasteiger partial charge in [0.15, 0.2) is 17.4 Å². The fraction of sp³-hybridized carbons (Fsp3) is 0.0769. The smallest absolute Gasteiger partial charge is 0.313 e. The summed E-state index contributed by atoms with van der Waals surface area (Å²) in [5, 5.41) is 10.8. The minimum atomic E-state index is -1.02. The Morgan fingerprint density at radius 1 is 1.24 bits per heavy atom. The van der Waals surface area contributed by atoms with Gasteiger partial charge >= 0.3 is 5.69 Å². The summed E-state index contributed by atoms with van der Waals surface area (Å²) >= 11 is 5.79. The molecule has 0 spiro atoms. The summed E-state index contributed by atoms with van der Waals surface area (Å²) in [7, 11) is 0. The molecule has 0 saturated carbocycles. The lowest BCUT2D eigenvalue weighted by Gasteiger charge is -2.10. The maximum absolute atomic E-state index is 13.8. The molecule has 2 aromatic rings. The zero-order chi connectivity index (χ0) is 15.6. The molecule has 2 rings (SSSR count). The van der Waals surface area contributed by atoms with Crippen LogP contribution in [0.15, 0.2) is 30.3 Å². The van der Waals surface area contributed by atoms with Crippen molar-refractivity contribution in [1.29, 1.82) is 0 Å². The van der Waals surface area contributed by atoms with Crippen molar-refractivity contribution < 1.29 is 18.4 Å². The molecule has 0 atom stereocenters. The molecule has 0 unspecified atom stereocenters. The summed E-state index contributed by atoms with van der Waals surface area (Å²) in [5.74, 6) is -3.25. The van der Waals surface area contributed by atoms with E-state index in [1.807, 2.05) is 0 Å². The van der Waals surface area contributed by atoms with Gasteiger partial charge in [-0.25, -0.2) is 8.78 Å². The maximum atomic E-state index is 13.8. The highest BCUT2D eigenvalue weighted by atomic mass is 35.5. The van der Waals surface area contributed by atoms with Crippen LogP contribution in [0.3, 0.4) is 0 Å². The van der Waals surface area contributed by atoms with Gasteiger partial charge in [-0.2, -0.15) is 0 Å². The lowest BCUT2D eigenvalue weighted by Crippen LogP contribution is -2.01. The van der Waals surface area contributed by atoms with Gasteiger partial charge in [-0.15, -0.1) is 0 Å². The van der Waals surface area contributed by atoms with E-state index in [-0.39, 0.29) is 17.1 Å². The standard InChI is InChI=1S/C13H9ClF2N2O3/c14-8-2-1-3-11(18(19)20)12(8)21-13-9(15)4-7(6-17)5-10(13)16/h1-5H,6,17H2. The number of para-hydroxylation sites is 1. The predicted molar refractivity (Wildman–Crippen MR) is 72.4 cm³/mol. The molecule has 21 heavy (non-hydrogen) atoms. The van der Waals surface area contributed by atoms with Gasteiger partial charge < -0.3 is 10.5 Å². The summed E-state index contributed by atoms with van der Waals surface area (Å²) in [5.41, 5.74) is 5.03. The molecule has 0 aliphatic carbocycles. The Hall–Kier alpha value is -2.25. The molecular formula is C13H9ClF2N2O3. The summed E-state index contributed by atoms with van der Waals surface area (Å²) in [6.07, 6.45) is 0. The van der Waals surface area contributed by atoms with Crippen molar-refractivity contribution in [3.05, 3.63) is 62.7 Å². The summed E-state index contributed by atoms with van der Waals surface area (Å²) < 4.78 is 32.6. The average molecular weight is 315 g/mol. The highest BCUT2D eigenvalue weighted by Gasteiger charge is 2.22. The number of ether oxygens (including phenoxy) is 1. The molecule has 0 saturated heterocycles. The van der Waals surface area contributed by atoms with Crippen LogP contribution in [-0.2, 0) is 6.54 Å². The minimum Gasteiger partial charge on any atom is -0.442 e. The molecule has 0 heterocycles.